The number of esters is 2. The average molecular weight is 484 g/mol. The van der Waals surface area contributed by atoms with Gasteiger partial charge in [-0.2, -0.15) is 36.5 Å². The molecule has 2 aromatic heterocycles. The fourth-order valence-corrected chi connectivity index (χ4v) is 3.18. The molecule has 1 saturated carbocycles. The van der Waals surface area contributed by atoms with Gasteiger partial charge in [0.15, 0.2) is 11.4 Å². The molecule has 184 valence electrons. The van der Waals surface area contributed by atoms with Gasteiger partial charge in [-0.1, -0.05) is 12.8 Å². The van der Waals surface area contributed by atoms with Crippen LogP contribution in [0.1, 0.15) is 77.7 Å². The number of rotatable bonds is 5. The molecule has 0 spiro atoms. The number of aromatic amines is 1. The van der Waals surface area contributed by atoms with Crippen LogP contribution in [0.5, 0.6) is 0 Å². The molecule has 1 fully saturated rings. The zero-order valence-electron chi connectivity index (χ0n) is 17.7. The molecule has 3 rings (SSSR count). The quantitative estimate of drug-likeness (QED) is 0.484. The number of nitrogens with one attached hydrogen (secondary N) is 1. The number of alkyl halides is 6. The summed E-state index contributed by atoms with van der Waals surface area (Å²) in [7, 11) is 0. The molecule has 0 radical (unpaired) electrons. The van der Waals surface area contributed by atoms with E-state index in [2.05, 4.69) is 19.7 Å². The Balaban J connectivity index is 0.000000245. The zero-order chi connectivity index (χ0) is 24.8. The van der Waals surface area contributed by atoms with Crippen molar-refractivity contribution in [3.05, 3.63) is 34.9 Å². The SMILES string of the molecule is CCOC(=O)c1cn(C2CCCC2)nc1C(F)(F)F.CCOC(=O)c1cn[nH]c1C(F)(F)F. The number of hydrogen-bond donors (Lipinski definition) is 1. The maximum Gasteiger partial charge on any atom is 0.436 e. The van der Waals surface area contributed by atoms with Gasteiger partial charge in [-0.15, -0.1) is 0 Å². The Bertz CT molecular complexity index is 945. The van der Waals surface area contributed by atoms with E-state index in [0.29, 0.717) is 0 Å². The Morgan fingerprint density at radius 3 is 2.03 bits per heavy atom. The third-order valence-corrected chi connectivity index (χ3v) is 4.61. The topological polar surface area (TPSA) is 99.1 Å². The molecule has 8 nitrogen and oxygen atoms in total. The summed E-state index contributed by atoms with van der Waals surface area (Å²) in [5, 5.41) is 8.41. The normalized spacial score (nSPS) is 14.5. The molecule has 0 saturated heterocycles. The van der Waals surface area contributed by atoms with Gasteiger partial charge in [0.2, 0.25) is 0 Å². The Labute approximate surface area is 184 Å². The molecule has 0 amide bonds. The van der Waals surface area contributed by atoms with Crippen LogP contribution < -0.4 is 0 Å². The largest absolute Gasteiger partial charge is 0.462 e. The van der Waals surface area contributed by atoms with Crippen molar-refractivity contribution in [1.29, 1.82) is 0 Å². The molecule has 2 aromatic rings. The Morgan fingerprint density at radius 2 is 1.55 bits per heavy atom. The molecule has 0 aromatic carbocycles. The molecular weight excluding hydrogens is 462 g/mol. The Kier molecular flexibility index (Phi) is 8.50. The number of carbonyl (C=O) groups excluding carboxylic acids is 2. The molecule has 2 heterocycles. The minimum Gasteiger partial charge on any atom is -0.462 e. The van der Waals surface area contributed by atoms with Gasteiger partial charge in [0, 0.05) is 6.20 Å². The summed E-state index contributed by atoms with van der Waals surface area (Å²) < 4.78 is 85.5. The van der Waals surface area contributed by atoms with Gasteiger partial charge in [-0.25, -0.2) is 9.59 Å². The molecule has 0 unspecified atom stereocenters. The lowest BCUT2D eigenvalue weighted by Crippen LogP contribution is -2.14. The van der Waals surface area contributed by atoms with Gasteiger partial charge < -0.3 is 9.47 Å². The molecule has 33 heavy (non-hydrogen) atoms. The lowest BCUT2D eigenvalue weighted by Gasteiger charge is -2.09. The van der Waals surface area contributed by atoms with Gasteiger partial charge in [-0.05, 0) is 26.7 Å². The van der Waals surface area contributed by atoms with E-state index in [0.717, 1.165) is 38.1 Å². The van der Waals surface area contributed by atoms with Crippen LogP contribution in [0.25, 0.3) is 0 Å². The highest BCUT2D eigenvalue weighted by atomic mass is 19.4. The molecule has 0 bridgehead atoms. The second-order valence-corrected chi connectivity index (χ2v) is 6.90. The highest BCUT2D eigenvalue weighted by Crippen LogP contribution is 2.35. The summed E-state index contributed by atoms with van der Waals surface area (Å²) in [4.78, 5) is 22.6. The number of aromatic nitrogens is 4. The van der Waals surface area contributed by atoms with Crippen LogP contribution >= 0.6 is 0 Å². The smallest absolute Gasteiger partial charge is 0.436 e. The van der Waals surface area contributed by atoms with Crippen LogP contribution in [-0.4, -0.2) is 45.1 Å². The average Bonchev–Trinajstić information content (AvgIpc) is 3.47. The first-order valence-electron chi connectivity index (χ1n) is 10.0. The van der Waals surface area contributed by atoms with Crippen molar-refractivity contribution in [2.75, 3.05) is 13.2 Å². The van der Waals surface area contributed by atoms with Crippen LogP contribution in [-0.2, 0) is 21.8 Å². The molecule has 0 aliphatic heterocycles. The summed E-state index contributed by atoms with van der Waals surface area (Å²) in [5.74, 6) is -2.01. The number of H-pyrrole nitrogens is 1. The third kappa shape index (κ3) is 6.71. The predicted molar refractivity (Wildman–Crippen MR) is 100 cm³/mol. The Hall–Kier alpha value is -3.06. The van der Waals surface area contributed by atoms with E-state index in [1.54, 1.807) is 12.0 Å². The van der Waals surface area contributed by atoms with Crippen molar-refractivity contribution in [3.63, 3.8) is 0 Å². The lowest BCUT2D eigenvalue weighted by molar-refractivity contribution is -0.142. The van der Waals surface area contributed by atoms with Crippen molar-refractivity contribution in [2.45, 2.75) is 57.9 Å². The predicted octanol–water partition coefficient (Wildman–Crippen LogP) is 4.80. The van der Waals surface area contributed by atoms with E-state index in [-0.39, 0.29) is 19.3 Å². The zero-order valence-corrected chi connectivity index (χ0v) is 17.7. The van der Waals surface area contributed by atoms with Crippen LogP contribution in [0.3, 0.4) is 0 Å². The lowest BCUT2D eigenvalue weighted by atomic mass is 10.2. The third-order valence-electron chi connectivity index (χ3n) is 4.61. The van der Waals surface area contributed by atoms with Gasteiger partial charge >= 0.3 is 24.3 Å². The molecule has 0 atom stereocenters. The number of nitrogens with zero attached hydrogens (tertiary/aromatic N) is 3. The van der Waals surface area contributed by atoms with Crippen LogP contribution in [0, 0.1) is 0 Å². The van der Waals surface area contributed by atoms with Crippen molar-refractivity contribution < 1.29 is 45.4 Å². The van der Waals surface area contributed by atoms with Crippen LogP contribution in [0.2, 0.25) is 0 Å². The summed E-state index contributed by atoms with van der Waals surface area (Å²) in [5.41, 5.74) is -3.44. The van der Waals surface area contributed by atoms with Gasteiger partial charge in [0.1, 0.15) is 11.1 Å². The summed E-state index contributed by atoms with van der Waals surface area (Å²) in [6, 6.07) is -0.0516. The minimum absolute atomic E-state index is 0.0152. The number of hydrogen-bond acceptors (Lipinski definition) is 6. The van der Waals surface area contributed by atoms with Gasteiger partial charge in [0.25, 0.3) is 0 Å². The summed E-state index contributed by atoms with van der Waals surface area (Å²) in [6.45, 7) is 3.10. The molecule has 1 N–H and O–H groups in total. The minimum atomic E-state index is -4.65. The number of ether oxygens (including phenoxy) is 2. The van der Waals surface area contributed by atoms with Crippen molar-refractivity contribution >= 4 is 11.9 Å². The second kappa shape index (κ2) is 10.7. The summed E-state index contributed by atoms with van der Waals surface area (Å²) >= 11 is 0. The first-order chi connectivity index (χ1) is 15.4. The first-order valence-corrected chi connectivity index (χ1v) is 10.0. The van der Waals surface area contributed by atoms with Gasteiger partial charge in [-0.3, -0.25) is 9.78 Å². The van der Waals surface area contributed by atoms with E-state index < -0.39 is 46.8 Å². The van der Waals surface area contributed by atoms with E-state index in [1.807, 2.05) is 0 Å². The maximum atomic E-state index is 12.9. The highest BCUT2D eigenvalue weighted by molar-refractivity contribution is 5.91. The summed E-state index contributed by atoms with van der Waals surface area (Å²) in [6.07, 6.45) is -3.79. The van der Waals surface area contributed by atoms with E-state index in [4.69, 9.17) is 0 Å². The molecule has 1 aliphatic carbocycles. The number of halogens is 6. The molecule has 14 heteroatoms. The molecular formula is C19H22F6N4O4. The fraction of sp³-hybridized carbons (Fsp3) is 0.579. The van der Waals surface area contributed by atoms with E-state index in [1.165, 1.54) is 11.6 Å². The van der Waals surface area contributed by atoms with Crippen LogP contribution in [0.15, 0.2) is 12.4 Å². The first kappa shape index (κ1) is 26.2. The maximum absolute atomic E-state index is 12.9. The van der Waals surface area contributed by atoms with Crippen LogP contribution in [0.4, 0.5) is 26.3 Å². The van der Waals surface area contributed by atoms with E-state index >= 15 is 0 Å². The second-order valence-electron chi connectivity index (χ2n) is 6.90. The fourth-order valence-electron chi connectivity index (χ4n) is 3.18. The van der Waals surface area contributed by atoms with Crippen molar-refractivity contribution in [2.24, 2.45) is 0 Å². The van der Waals surface area contributed by atoms with Gasteiger partial charge in [0.05, 0.1) is 25.5 Å². The highest BCUT2D eigenvalue weighted by Gasteiger charge is 2.40. The molecule has 1 aliphatic rings. The standard InChI is InChI=1S/C12H15F3N2O2.C7H7F3N2O2/c1-2-19-11(18)9-7-17(8-5-3-4-6-8)16-10(9)12(13,14)15;1-2-14-6(13)4-3-11-12-5(4)7(8,9)10/h7-8H,2-6H2,1H3;3H,2H2,1H3,(H,11,12). The van der Waals surface area contributed by atoms with E-state index in [9.17, 15) is 35.9 Å². The number of carbonyl (C=O) groups is 2. The Morgan fingerprint density at radius 1 is 1.00 bits per heavy atom. The van der Waals surface area contributed by atoms with Crippen molar-refractivity contribution in [3.8, 4) is 0 Å². The van der Waals surface area contributed by atoms with Crippen molar-refractivity contribution in [1.82, 2.24) is 20.0 Å². The monoisotopic (exact) mass is 484 g/mol.